The van der Waals surface area contributed by atoms with Crippen LogP contribution in [0.3, 0.4) is 0 Å². The molecule has 0 N–H and O–H groups in total. The molecule has 0 spiro atoms. The zero-order chi connectivity index (χ0) is 17.7. The number of fused-ring (bicyclic) bond motifs is 5. The lowest BCUT2D eigenvalue weighted by Crippen LogP contribution is -2.37. The molecule has 5 rings (SSSR count). The molecular weight excluding hydrogens is 354 g/mol. The number of ether oxygens (including phenoxy) is 2. The topological polar surface area (TPSA) is 51.9 Å². The van der Waals surface area contributed by atoms with Crippen molar-refractivity contribution < 1.29 is 13.9 Å². The second-order valence-electron chi connectivity index (χ2n) is 7.52. The Labute approximate surface area is 156 Å². The Morgan fingerprint density at radius 2 is 2.00 bits per heavy atom. The Balaban J connectivity index is 1.59. The van der Waals surface area contributed by atoms with Crippen LogP contribution in [-0.4, -0.2) is 30.9 Å². The number of hydrogen-bond donors (Lipinski definition) is 0. The van der Waals surface area contributed by atoms with Crippen LogP contribution in [-0.2, 0) is 24.1 Å². The minimum Gasteiger partial charge on any atom is -0.476 e. The van der Waals surface area contributed by atoms with Crippen LogP contribution in [0.2, 0.25) is 5.02 Å². The van der Waals surface area contributed by atoms with Crippen molar-refractivity contribution in [3.63, 3.8) is 0 Å². The van der Waals surface area contributed by atoms with Gasteiger partial charge in [-0.3, -0.25) is 4.90 Å². The van der Waals surface area contributed by atoms with Crippen molar-refractivity contribution in [3.8, 4) is 5.75 Å². The molecule has 1 atom stereocenters. The average Bonchev–Trinajstić information content (AvgIpc) is 3.16. The van der Waals surface area contributed by atoms with Crippen LogP contribution in [0.5, 0.6) is 5.75 Å². The molecule has 1 aliphatic carbocycles. The Morgan fingerprint density at radius 1 is 1.15 bits per heavy atom. The van der Waals surface area contributed by atoms with Crippen LogP contribution in [0.25, 0.3) is 11.0 Å². The molecule has 3 aliphatic rings. The molecule has 2 aliphatic heterocycles. The van der Waals surface area contributed by atoms with Gasteiger partial charge in [-0.2, -0.15) is 0 Å². The van der Waals surface area contributed by atoms with E-state index in [4.69, 9.17) is 25.5 Å². The average molecular weight is 376 g/mol. The van der Waals surface area contributed by atoms with Gasteiger partial charge in [0.05, 0.1) is 16.7 Å². The standard InChI is InChI=1S/C20H22ClNO4/c21-17-8-15-13-5-1-2-6-14(13)20(23)26-18(15)16-10-22(11-25-19(16)17)9-12-4-3-7-24-12/h8,12H,1-7,9-11H2/t12-/m1/s1. The summed E-state index contributed by atoms with van der Waals surface area (Å²) in [5.74, 6) is 0.654. The molecule has 0 radical (unpaired) electrons. The SMILES string of the molecule is O=c1oc2c3c(c(Cl)cc2c2c1CCCC2)OCN(C[C@H]1CCCO1)C3. The van der Waals surface area contributed by atoms with Crippen molar-refractivity contribution in [2.45, 2.75) is 51.2 Å². The van der Waals surface area contributed by atoms with Gasteiger partial charge in [-0.25, -0.2) is 4.79 Å². The van der Waals surface area contributed by atoms with E-state index >= 15 is 0 Å². The van der Waals surface area contributed by atoms with Crippen LogP contribution in [0.15, 0.2) is 15.3 Å². The van der Waals surface area contributed by atoms with Crippen molar-refractivity contribution in [2.24, 2.45) is 0 Å². The van der Waals surface area contributed by atoms with Gasteiger partial charge < -0.3 is 13.9 Å². The first-order valence-corrected chi connectivity index (χ1v) is 9.85. The van der Waals surface area contributed by atoms with E-state index in [1.807, 2.05) is 6.07 Å². The molecule has 6 heteroatoms. The van der Waals surface area contributed by atoms with E-state index in [1.165, 1.54) is 0 Å². The van der Waals surface area contributed by atoms with E-state index in [0.29, 0.717) is 29.6 Å². The first-order valence-electron chi connectivity index (χ1n) is 9.47. The molecule has 1 aromatic carbocycles. The highest BCUT2D eigenvalue weighted by Crippen LogP contribution is 2.41. The zero-order valence-electron chi connectivity index (χ0n) is 14.7. The van der Waals surface area contributed by atoms with Crippen molar-refractivity contribution in [1.29, 1.82) is 0 Å². The van der Waals surface area contributed by atoms with Gasteiger partial charge in [-0.05, 0) is 50.2 Å². The predicted molar refractivity (Wildman–Crippen MR) is 99.0 cm³/mol. The second-order valence-corrected chi connectivity index (χ2v) is 7.92. The van der Waals surface area contributed by atoms with Gasteiger partial charge in [-0.15, -0.1) is 0 Å². The largest absolute Gasteiger partial charge is 0.476 e. The first kappa shape index (κ1) is 16.6. The van der Waals surface area contributed by atoms with Gasteiger partial charge >= 0.3 is 5.63 Å². The van der Waals surface area contributed by atoms with Gasteiger partial charge in [0.15, 0.2) is 0 Å². The molecule has 1 fully saturated rings. The van der Waals surface area contributed by atoms with Crippen molar-refractivity contribution >= 4 is 22.6 Å². The Bertz CT molecular complexity index is 916. The van der Waals surface area contributed by atoms with E-state index in [2.05, 4.69) is 4.90 Å². The number of nitrogens with zero attached hydrogens (tertiary/aromatic N) is 1. The van der Waals surface area contributed by atoms with E-state index in [-0.39, 0.29) is 11.7 Å². The maximum Gasteiger partial charge on any atom is 0.339 e. The summed E-state index contributed by atoms with van der Waals surface area (Å²) in [6.07, 6.45) is 6.30. The monoisotopic (exact) mass is 375 g/mol. The summed E-state index contributed by atoms with van der Waals surface area (Å²) in [5, 5.41) is 1.58. The number of aryl methyl sites for hydroxylation is 1. The quantitative estimate of drug-likeness (QED) is 0.750. The first-order chi connectivity index (χ1) is 12.7. The summed E-state index contributed by atoms with van der Waals surface area (Å²) in [5.41, 5.74) is 3.28. The van der Waals surface area contributed by atoms with E-state index in [1.54, 1.807) is 0 Å². The second kappa shape index (κ2) is 6.55. The highest BCUT2D eigenvalue weighted by Gasteiger charge is 2.29. The molecule has 0 saturated carbocycles. The lowest BCUT2D eigenvalue weighted by Gasteiger charge is -2.31. The molecule has 5 nitrogen and oxygen atoms in total. The van der Waals surface area contributed by atoms with Crippen molar-refractivity contribution in [2.75, 3.05) is 19.9 Å². The normalized spacial score (nSPS) is 22.9. The molecular formula is C20H22ClNO4. The molecule has 0 bridgehead atoms. The smallest absolute Gasteiger partial charge is 0.339 e. The third-order valence-corrected chi connectivity index (χ3v) is 6.05. The van der Waals surface area contributed by atoms with Crippen LogP contribution in [0, 0.1) is 0 Å². The van der Waals surface area contributed by atoms with Crippen LogP contribution in [0.1, 0.15) is 42.4 Å². The fourth-order valence-electron chi connectivity index (χ4n) is 4.51. The maximum atomic E-state index is 12.5. The zero-order valence-corrected chi connectivity index (χ0v) is 15.4. The third-order valence-electron chi connectivity index (χ3n) is 5.77. The van der Waals surface area contributed by atoms with Crippen molar-refractivity contribution in [3.05, 3.63) is 38.2 Å². The van der Waals surface area contributed by atoms with E-state index < -0.39 is 0 Å². The number of rotatable bonds is 2. The molecule has 3 heterocycles. The molecule has 1 aromatic heterocycles. The van der Waals surface area contributed by atoms with E-state index in [9.17, 15) is 4.79 Å². The molecule has 2 aromatic rings. The molecule has 26 heavy (non-hydrogen) atoms. The fourth-order valence-corrected chi connectivity index (χ4v) is 4.79. The Hall–Kier alpha value is -1.56. The van der Waals surface area contributed by atoms with Crippen LogP contribution >= 0.6 is 11.6 Å². The number of halogens is 1. The summed E-state index contributed by atoms with van der Waals surface area (Å²) in [4.78, 5) is 14.7. The Morgan fingerprint density at radius 3 is 2.81 bits per heavy atom. The molecule has 0 unspecified atom stereocenters. The van der Waals surface area contributed by atoms with Gasteiger partial charge in [0, 0.05) is 30.6 Å². The highest BCUT2D eigenvalue weighted by molar-refractivity contribution is 6.33. The molecule has 138 valence electrons. The van der Waals surface area contributed by atoms with Crippen molar-refractivity contribution in [1.82, 2.24) is 4.90 Å². The molecule has 1 saturated heterocycles. The van der Waals surface area contributed by atoms with E-state index in [0.717, 1.165) is 73.8 Å². The minimum atomic E-state index is -0.201. The number of benzene rings is 1. The summed E-state index contributed by atoms with van der Waals surface area (Å²) in [6.45, 7) is 2.80. The predicted octanol–water partition coefficient (Wildman–Crippen LogP) is 3.66. The summed E-state index contributed by atoms with van der Waals surface area (Å²) in [7, 11) is 0. The van der Waals surface area contributed by atoms with Crippen LogP contribution < -0.4 is 10.4 Å². The summed E-state index contributed by atoms with van der Waals surface area (Å²) < 4.78 is 17.5. The fraction of sp³-hybridized carbons (Fsp3) is 0.550. The lowest BCUT2D eigenvalue weighted by atomic mass is 9.90. The summed E-state index contributed by atoms with van der Waals surface area (Å²) >= 11 is 6.53. The third kappa shape index (κ3) is 2.73. The number of hydrogen-bond acceptors (Lipinski definition) is 5. The maximum absolute atomic E-state index is 12.5. The summed E-state index contributed by atoms with van der Waals surface area (Å²) in [6, 6.07) is 1.92. The van der Waals surface area contributed by atoms with Gasteiger partial charge in [0.1, 0.15) is 18.1 Å². The minimum absolute atomic E-state index is 0.201. The van der Waals surface area contributed by atoms with Gasteiger partial charge in [0.2, 0.25) is 0 Å². The molecule has 0 amide bonds. The van der Waals surface area contributed by atoms with Crippen LogP contribution in [0.4, 0.5) is 0 Å². The lowest BCUT2D eigenvalue weighted by molar-refractivity contribution is 0.0281. The van der Waals surface area contributed by atoms with Gasteiger partial charge in [0.25, 0.3) is 0 Å². The Kier molecular flexibility index (Phi) is 4.18. The highest BCUT2D eigenvalue weighted by atomic mass is 35.5. The van der Waals surface area contributed by atoms with Gasteiger partial charge in [-0.1, -0.05) is 11.6 Å².